The molecule has 3 heterocycles. The number of aromatic nitrogens is 6. The van der Waals surface area contributed by atoms with E-state index in [1.165, 1.54) is 38.5 Å². The Morgan fingerprint density at radius 2 is 1.83 bits per heavy atom. The van der Waals surface area contributed by atoms with Crippen LogP contribution in [0.2, 0.25) is 0 Å². The van der Waals surface area contributed by atoms with E-state index < -0.39 is 11.6 Å². The van der Waals surface area contributed by atoms with Gasteiger partial charge in [0.05, 0.1) is 13.1 Å². The zero-order chi connectivity index (χ0) is 20.4. The first-order valence-corrected chi connectivity index (χ1v) is 8.67. The van der Waals surface area contributed by atoms with Crippen LogP contribution in [0.25, 0.3) is 5.82 Å². The Labute approximate surface area is 163 Å². The van der Waals surface area contributed by atoms with Gasteiger partial charge in [0, 0.05) is 18.5 Å². The highest BCUT2D eigenvalue weighted by Gasteiger charge is 2.17. The number of carbonyl (C=O) groups excluding carboxylic acids is 1. The minimum atomic E-state index is -0.667. The fourth-order valence-corrected chi connectivity index (χ4v) is 2.87. The quantitative estimate of drug-likeness (QED) is 0.524. The van der Waals surface area contributed by atoms with Gasteiger partial charge >= 0.3 is 5.69 Å². The van der Waals surface area contributed by atoms with Crippen LogP contribution >= 0.6 is 0 Å². The summed E-state index contributed by atoms with van der Waals surface area (Å²) in [5, 5.41) is 8.41. The molecule has 0 atom stereocenters. The first-order valence-electron chi connectivity index (χ1n) is 8.67. The molecule has 0 bridgehead atoms. The smallest absolute Gasteiger partial charge is 0.351 e. The molecular weight excluding hydrogens is 377 g/mol. The van der Waals surface area contributed by atoms with E-state index in [9.17, 15) is 14.0 Å². The second kappa shape index (κ2) is 7.50. The molecule has 29 heavy (non-hydrogen) atoms. The Balaban J connectivity index is 1.65. The zero-order valence-electron chi connectivity index (χ0n) is 15.1. The fraction of sp³-hybridized carbons (Fsp3) is 0.105. The van der Waals surface area contributed by atoms with Crippen LogP contribution in [-0.4, -0.2) is 35.0 Å². The molecule has 0 saturated heterocycles. The molecule has 4 rings (SSSR count). The highest BCUT2D eigenvalue weighted by molar-refractivity contribution is 5.91. The Hall–Kier alpha value is -4.08. The normalized spacial score (nSPS) is 10.9. The summed E-state index contributed by atoms with van der Waals surface area (Å²) in [4.78, 5) is 28.6. The minimum absolute atomic E-state index is 0.155. The van der Waals surface area contributed by atoms with Crippen LogP contribution in [0.5, 0.6) is 0 Å². The Morgan fingerprint density at radius 1 is 1.07 bits per heavy atom. The van der Waals surface area contributed by atoms with Crippen molar-refractivity contribution in [2.24, 2.45) is 5.73 Å². The number of hydrogen-bond donors (Lipinski definition) is 1. The van der Waals surface area contributed by atoms with Crippen molar-refractivity contribution in [3.8, 4) is 5.82 Å². The number of nitrogens with two attached hydrogens (primary N) is 1. The van der Waals surface area contributed by atoms with Crippen LogP contribution in [0, 0.1) is 5.82 Å². The second-order valence-corrected chi connectivity index (χ2v) is 6.34. The van der Waals surface area contributed by atoms with E-state index >= 15 is 0 Å². The summed E-state index contributed by atoms with van der Waals surface area (Å²) in [6.07, 6.45) is 4.61. The molecule has 9 nitrogen and oxygen atoms in total. The number of hydrogen-bond acceptors (Lipinski definition) is 5. The van der Waals surface area contributed by atoms with Gasteiger partial charge in [-0.25, -0.2) is 18.4 Å². The number of amides is 1. The van der Waals surface area contributed by atoms with Gasteiger partial charge in [0.2, 0.25) is 0 Å². The van der Waals surface area contributed by atoms with Crippen molar-refractivity contribution in [2.45, 2.75) is 13.1 Å². The minimum Gasteiger partial charge on any atom is -0.364 e. The van der Waals surface area contributed by atoms with E-state index in [4.69, 9.17) is 5.73 Å². The van der Waals surface area contributed by atoms with E-state index in [1.807, 2.05) is 6.07 Å². The van der Waals surface area contributed by atoms with Crippen LogP contribution in [-0.2, 0) is 13.1 Å². The lowest BCUT2D eigenvalue weighted by Crippen LogP contribution is -2.24. The number of nitrogens with zero attached hydrogens (tertiary/aromatic N) is 6. The number of rotatable bonds is 6. The molecule has 0 spiro atoms. The molecule has 0 unspecified atom stereocenters. The van der Waals surface area contributed by atoms with Gasteiger partial charge in [0.15, 0.2) is 5.82 Å². The molecule has 0 fully saturated rings. The van der Waals surface area contributed by atoms with Crippen molar-refractivity contribution in [1.82, 2.24) is 29.1 Å². The lowest BCUT2D eigenvalue weighted by Gasteiger charge is -2.04. The van der Waals surface area contributed by atoms with E-state index in [0.29, 0.717) is 0 Å². The second-order valence-electron chi connectivity index (χ2n) is 6.34. The van der Waals surface area contributed by atoms with Crippen molar-refractivity contribution in [3.63, 3.8) is 0 Å². The summed E-state index contributed by atoms with van der Waals surface area (Å²) in [6, 6.07) is 10.8. The first-order chi connectivity index (χ1) is 14.0. The summed E-state index contributed by atoms with van der Waals surface area (Å²) in [5.74, 6) is -0.804. The van der Waals surface area contributed by atoms with E-state index in [-0.39, 0.29) is 30.4 Å². The van der Waals surface area contributed by atoms with Crippen LogP contribution in [0.1, 0.15) is 21.6 Å². The zero-order valence-corrected chi connectivity index (χ0v) is 15.1. The molecule has 1 aromatic carbocycles. The third kappa shape index (κ3) is 3.81. The lowest BCUT2D eigenvalue weighted by molar-refractivity contribution is 0.0990. The van der Waals surface area contributed by atoms with Gasteiger partial charge in [-0.3, -0.25) is 14.5 Å². The third-order valence-corrected chi connectivity index (χ3v) is 4.30. The number of benzene rings is 1. The van der Waals surface area contributed by atoms with Gasteiger partial charge in [-0.05, 0) is 29.3 Å². The van der Waals surface area contributed by atoms with E-state index in [1.54, 1.807) is 30.6 Å². The number of pyridine rings is 1. The maximum atomic E-state index is 13.1. The lowest BCUT2D eigenvalue weighted by atomic mass is 10.2. The first kappa shape index (κ1) is 18.3. The van der Waals surface area contributed by atoms with Crippen molar-refractivity contribution >= 4 is 5.91 Å². The summed E-state index contributed by atoms with van der Waals surface area (Å²) in [6.45, 7) is 0.440. The van der Waals surface area contributed by atoms with Gasteiger partial charge in [-0.2, -0.15) is 10.2 Å². The number of carbonyl (C=O) groups is 1. The highest BCUT2D eigenvalue weighted by atomic mass is 19.1. The molecule has 3 aromatic heterocycles. The largest absolute Gasteiger partial charge is 0.364 e. The molecule has 0 saturated carbocycles. The van der Waals surface area contributed by atoms with E-state index in [2.05, 4.69) is 15.2 Å². The van der Waals surface area contributed by atoms with Crippen LogP contribution in [0.15, 0.2) is 66.0 Å². The van der Waals surface area contributed by atoms with Crippen molar-refractivity contribution in [2.75, 3.05) is 0 Å². The van der Waals surface area contributed by atoms with Gasteiger partial charge < -0.3 is 5.73 Å². The van der Waals surface area contributed by atoms with Crippen molar-refractivity contribution in [3.05, 3.63) is 94.3 Å². The maximum Gasteiger partial charge on any atom is 0.351 e. The SMILES string of the molecule is NC(=O)c1cc(-n2cnn(Cc3ccc(F)cc3)c2=O)nn1Cc1cccnc1. The molecule has 0 aliphatic carbocycles. The topological polar surface area (TPSA) is 114 Å². The number of halogens is 1. The molecule has 0 aliphatic heterocycles. The molecule has 0 aliphatic rings. The Bertz CT molecular complexity index is 1210. The fourth-order valence-electron chi connectivity index (χ4n) is 2.87. The average Bonchev–Trinajstić information content (AvgIpc) is 3.28. The van der Waals surface area contributed by atoms with Gasteiger partial charge in [0.1, 0.15) is 17.8 Å². The average molecular weight is 393 g/mol. The van der Waals surface area contributed by atoms with Crippen LogP contribution in [0.4, 0.5) is 4.39 Å². The van der Waals surface area contributed by atoms with Crippen LogP contribution < -0.4 is 11.4 Å². The van der Waals surface area contributed by atoms with E-state index in [0.717, 1.165) is 11.1 Å². The standard InChI is InChI=1S/C19H16FN7O2/c20-15-5-3-13(4-6-15)10-27-19(29)25(12-23-27)17-8-16(18(21)28)26(24-17)11-14-2-1-7-22-9-14/h1-9,12H,10-11H2,(H2,21,28). The summed E-state index contributed by atoms with van der Waals surface area (Å²) < 4.78 is 16.9. The van der Waals surface area contributed by atoms with Gasteiger partial charge in [-0.1, -0.05) is 18.2 Å². The molecule has 0 radical (unpaired) electrons. The van der Waals surface area contributed by atoms with Crippen molar-refractivity contribution in [1.29, 1.82) is 0 Å². The summed E-state index contributed by atoms with van der Waals surface area (Å²) in [5.41, 5.74) is 6.71. The van der Waals surface area contributed by atoms with Crippen molar-refractivity contribution < 1.29 is 9.18 Å². The summed E-state index contributed by atoms with van der Waals surface area (Å²) in [7, 11) is 0. The van der Waals surface area contributed by atoms with Gasteiger partial charge in [-0.15, -0.1) is 0 Å². The van der Waals surface area contributed by atoms with Gasteiger partial charge in [0.25, 0.3) is 5.91 Å². The highest BCUT2D eigenvalue weighted by Crippen LogP contribution is 2.11. The Morgan fingerprint density at radius 3 is 2.52 bits per heavy atom. The molecule has 10 heteroatoms. The maximum absolute atomic E-state index is 13.1. The molecule has 146 valence electrons. The molecule has 2 N–H and O–H groups in total. The monoisotopic (exact) mass is 393 g/mol. The summed E-state index contributed by atoms with van der Waals surface area (Å²) >= 11 is 0. The molecule has 1 amide bonds. The Kier molecular flexibility index (Phi) is 4.73. The predicted octanol–water partition coefficient (Wildman–Crippen LogP) is 0.960. The van der Waals surface area contributed by atoms with Crippen LogP contribution in [0.3, 0.4) is 0 Å². The molecular formula is C19H16FN7O2. The third-order valence-electron chi connectivity index (χ3n) is 4.30. The molecule has 4 aromatic rings. The number of primary amides is 1. The predicted molar refractivity (Wildman–Crippen MR) is 101 cm³/mol.